The largest absolute Gasteiger partial charge is 0.416 e. The number of halogens is 3. The second-order valence-corrected chi connectivity index (χ2v) is 6.52. The van der Waals surface area contributed by atoms with Crippen LogP contribution in [0, 0.1) is 5.92 Å². The second-order valence-electron chi connectivity index (χ2n) is 6.52. The highest BCUT2D eigenvalue weighted by molar-refractivity contribution is 5.87. The highest BCUT2D eigenvalue weighted by atomic mass is 19.4. The maximum absolute atomic E-state index is 12.7. The molecule has 0 bridgehead atoms. The number of rotatable bonds is 6. The Balaban J connectivity index is 2.11. The summed E-state index contributed by atoms with van der Waals surface area (Å²) in [5, 5.41) is 3.38. The van der Waals surface area contributed by atoms with Crippen molar-refractivity contribution in [3.63, 3.8) is 0 Å². The van der Waals surface area contributed by atoms with Gasteiger partial charge in [0.2, 0.25) is 0 Å². The summed E-state index contributed by atoms with van der Waals surface area (Å²) in [6, 6.07) is 5.21. The molecule has 1 aromatic rings. The van der Waals surface area contributed by atoms with Crippen LogP contribution in [0.5, 0.6) is 0 Å². The summed E-state index contributed by atoms with van der Waals surface area (Å²) in [4.78, 5) is 12.5. The van der Waals surface area contributed by atoms with E-state index in [1.165, 1.54) is 12.1 Å². The van der Waals surface area contributed by atoms with Crippen molar-refractivity contribution in [1.29, 1.82) is 0 Å². The van der Waals surface area contributed by atoms with Crippen LogP contribution >= 0.6 is 0 Å². The van der Waals surface area contributed by atoms with Gasteiger partial charge in [-0.15, -0.1) is 0 Å². The molecule has 1 atom stereocenters. The van der Waals surface area contributed by atoms with Crippen LogP contribution in [-0.2, 0) is 15.7 Å². The number of benzene rings is 1. The normalized spacial score (nSPS) is 17.9. The van der Waals surface area contributed by atoms with Crippen LogP contribution in [-0.4, -0.2) is 31.6 Å². The molecular weight excluding hydrogens is 319 g/mol. The van der Waals surface area contributed by atoms with E-state index in [0.717, 1.165) is 25.0 Å². The Labute approximate surface area is 140 Å². The van der Waals surface area contributed by atoms with E-state index in [-0.39, 0.29) is 17.7 Å². The number of Topliss-reactive ketones (excluding diaryl/α,β-unsaturated/α-hetero) is 1. The number of carbonyl (C=O) groups is 1. The van der Waals surface area contributed by atoms with Crippen molar-refractivity contribution in [2.75, 3.05) is 19.8 Å². The smallest absolute Gasteiger partial charge is 0.381 e. The maximum atomic E-state index is 12.7. The molecule has 1 aliphatic heterocycles. The van der Waals surface area contributed by atoms with Crippen molar-refractivity contribution in [1.82, 2.24) is 5.32 Å². The minimum Gasteiger partial charge on any atom is -0.381 e. The van der Waals surface area contributed by atoms with Gasteiger partial charge in [0.05, 0.1) is 11.5 Å². The molecule has 134 valence electrons. The number of carbonyl (C=O) groups excluding carboxylic acids is 1. The minimum absolute atomic E-state index is 0.0364. The summed E-state index contributed by atoms with van der Waals surface area (Å²) in [6.07, 6.45) is -2.60. The molecule has 0 unspecified atom stereocenters. The molecule has 2 rings (SSSR count). The Morgan fingerprint density at radius 1 is 1.21 bits per heavy atom. The molecule has 0 aliphatic carbocycles. The van der Waals surface area contributed by atoms with Gasteiger partial charge in [0, 0.05) is 31.7 Å². The van der Waals surface area contributed by atoms with Crippen molar-refractivity contribution in [3.8, 4) is 0 Å². The molecule has 0 radical (unpaired) electrons. The Morgan fingerprint density at radius 2 is 1.79 bits per heavy atom. The first-order chi connectivity index (χ1) is 11.3. The summed E-state index contributed by atoms with van der Waals surface area (Å²) < 4.78 is 43.4. The van der Waals surface area contributed by atoms with E-state index in [0.29, 0.717) is 25.3 Å². The van der Waals surface area contributed by atoms with E-state index < -0.39 is 17.7 Å². The fourth-order valence-electron chi connectivity index (χ4n) is 2.88. The average molecular weight is 343 g/mol. The summed E-state index contributed by atoms with van der Waals surface area (Å²) in [6.45, 7) is 5.45. The van der Waals surface area contributed by atoms with Gasteiger partial charge >= 0.3 is 6.18 Å². The molecular formula is C18H24F3NO2. The zero-order valence-electron chi connectivity index (χ0n) is 14.0. The summed E-state index contributed by atoms with van der Waals surface area (Å²) in [7, 11) is 0. The third-order valence-electron chi connectivity index (χ3n) is 4.38. The van der Waals surface area contributed by atoms with Gasteiger partial charge in [-0.2, -0.15) is 13.2 Å². The Hall–Kier alpha value is -1.40. The molecule has 0 spiro atoms. The number of ether oxygens (including phenoxy) is 1. The van der Waals surface area contributed by atoms with Gasteiger partial charge in [-0.05, 0) is 30.5 Å². The number of hydrogen-bond acceptors (Lipinski definition) is 3. The van der Waals surface area contributed by atoms with Gasteiger partial charge < -0.3 is 10.1 Å². The highest BCUT2D eigenvalue weighted by Gasteiger charge is 2.31. The number of hydrogen-bond donors (Lipinski definition) is 1. The lowest BCUT2D eigenvalue weighted by atomic mass is 9.88. The number of alkyl halides is 3. The van der Waals surface area contributed by atoms with Crippen molar-refractivity contribution in [2.45, 2.75) is 44.8 Å². The predicted molar refractivity (Wildman–Crippen MR) is 85.9 cm³/mol. The van der Waals surface area contributed by atoms with Gasteiger partial charge in [-0.3, -0.25) is 4.79 Å². The first kappa shape index (κ1) is 18.9. The van der Waals surface area contributed by atoms with E-state index in [1.807, 2.05) is 13.8 Å². The van der Waals surface area contributed by atoms with Crippen LogP contribution < -0.4 is 5.32 Å². The van der Waals surface area contributed by atoms with E-state index in [4.69, 9.17) is 4.74 Å². The minimum atomic E-state index is -4.36. The lowest BCUT2D eigenvalue weighted by Gasteiger charge is -2.26. The monoisotopic (exact) mass is 343 g/mol. The predicted octanol–water partition coefficient (Wildman–Crippen LogP) is 3.78. The van der Waals surface area contributed by atoms with Crippen LogP contribution in [0.15, 0.2) is 24.3 Å². The van der Waals surface area contributed by atoms with Gasteiger partial charge in [0.25, 0.3) is 0 Å². The first-order valence-electron chi connectivity index (χ1n) is 8.31. The highest BCUT2D eigenvalue weighted by Crippen LogP contribution is 2.30. The molecule has 6 heteroatoms. The van der Waals surface area contributed by atoms with Crippen LogP contribution in [0.4, 0.5) is 13.2 Å². The van der Waals surface area contributed by atoms with Crippen molar-refractivity contribution >= 4 is 5.78 Å². The molecule has 24 heavy (non-hydrogen) atoms. The maximum Gasteiger partial charge on any atom is 0.416 e. The number of ketones is 1. The fraction of sp³-hybridized carbons (Fsp3) is 0.611. The quantitative estimate of drug-likeness (QED) is 0.854. The lowest BCUT2D eigenvalue weighted by Crippen LogP contribution is -2.39. The summed E-state index contributed by atoms with van der Waals surface area (Å²) in [5.74, 6) is -0.571. The van der Waals surface area contributed by atoms with Gasteiger partial charge in [-0.1, -0.05) is 26.0 Å². The SMILES string of the molecule is CC(C)C(=O)[C@H](CNC1CCOCC1)c1ccc(C(F)(F)F)cc1. The third kappa shape index (κ3) is 5.05. The van der Waals surface area contributed by atoms with Gasteiger partial charge in [-0.25, -0.2) is 0 Å². The van der Waals surface area contributed by atoms with Crippen molar-refractivity contribution in [3.05, 3.63) is 35.4 Å². The second kappa shape index (κ2) is 8.12. The van der Waals surface area contributed by atoms with E-state index in [1.54, 1.807) is 0 Å². The third-order valence-corrected chi connectivity index (χ3v) is 4.38. The van der Waals surface area contributed by atoms with Gasteiger partial charge in [0.15, 0.2) is 0 Å². The summed E-state index contributed by atoms with van der Waals surface area (Å²) >= 11 is 0. The molecule has 0 aromatic heterocycles. The van der Waals surface area contributed by atoms with E-state index in [2.05, 4.69) is 5.32 Å². The fourth-order valence-corrected chi connectivity index (χ4v) is 2.88. The molecule has 1 fully saturated rings. The van der Waals surface area contributed by atoms with Crippen LogP contribution in [0.1, 0.15) is 43.7 Å². The Kier molecular flexibility index (Phi) is 6.40. The molecule has 1 heterocycles. The van der Waals surface area contributed by atoms with Crippen LogP contribution in [0.25, 0.3) is 0 Å². The van der Waals surface area contributed by atoms with E-state index in [9.17, 15) is 18.0 Å². The molecule has 1 saturated heterocycles. The molecule has 0 saturated carbocycles. The zero-order chi connectivity index (χ0) is 17.7. The topological polar surface area (TPSA) is 38.3 Å². The van der Waals surface area contributed by atoms with Crippen molar-refractivity contribution in [2.24, 2.45) is 5.92 Å². The zero-order valence-corrected chi connectivity index (χ0v) is 14.0. The van der Waals surface area contributed by atoms with Gasteiger partial charge in [0.1, 0.15) is 5.78 Å². The Morgan fingerprint density at radius 3 is 2.29 bits per heavy atom. The van der Waals surface area contributed by atoms with E-state index >= 15 is 0 Å². The van der Waals surface area contributed by atoms with Crippen molar-refractivity contribution < 1.29 is 22.7 Å². The Bertz CT molecular complexity index is 534. The molecule has 0 amide bonds. The molecule has 3 nitrogen and oxygen atoms in total. The molecule has 1 aromatic carbocycles. The molecule has 1 N–H and O–H groups in total. The standard InChI is InChI=1S/C18H24F3NO2/c1-12(2)17(23)16(11-22-15-7-9-24-10-8-15)13-3-5-14(6-4-13)18(19,20)21/h3-6,12,15-16,22H,7-11H2,1-2H3/t16-/m1/s1. The van der Waals surface area contributed by atoms with Crippen LogP contribution in [0.3, 0.4) is 0 Å². The molecule has 1 aliphatic rings. The average Bonchev–Trinajstić information content (AvgIpc) is 2.55. The van der Waals surface area contributed by atoms with Crippen LogP contribution in [0.2, 0.25) is 0 Å². The summed E-state index contributed by atoms with van der Waals surface area (Å²) in [5.41, 5.74) is -0.0688. The lowest BCUT2D eigenvalue weighted by molar-refractivity contribution is -0.137. The number of nitrogens with one attached hydrogen (secondary N) is 1. The first-order valence-corrected chi connectivity index (χ1v) is 8.31.